The molecule has 0 unspecified atom stereocenters. The summed E-state index contributed by atoms with van der Waals surface area (Å²) < 4.78 is 1.23. The smallest absolute Gasteiger partial charge is 0.0701 e. The standard InChI is InChI=1S/C14H23BrN2S/c1-2-3-6-17-7-4-13(5-8-17)16-10-12-9-14(15)18-11-12/h9,11,13,16H,2-8,10H2,1H3. The van der Waals surface area contributed by atoms with Crippen LogP contribution in [0.4, 0.5) is 0 Å². The Labute approximate surface area is 123 Å². The molecule has 0 aromatic carbocycles. The number of halogens is 1. The van der Waals surface area contributed by atoms with E-state index in [0.717, 1.165) is 6.54 Å². The van der Waals surface area contributed by atoms with E-state index in [1.807, 2.05) is 0 Å². The molecule has 0 saturated carbocycles. The zero-order valence-electron chi connectivity index (χ0n) is 11.1. The lowest BCUT2D eigenvalue weighted by molar-refractivity contribution is 0.195. The fourth-order valence-corrected chi connectivity index (χ4v) is 3.65. The molecule has 1 aromatic rings. The molecule has 0 bridgehead atoms. The topological polar surface area (TPSA) is 15.3 Å². The Morgan fingerprint density at radius 3 is 2.83 bits per heavy atom. The number of unbranched alkanes of at least 4 members (excludes halogenated alkanes) is 1. The predicted octanol–water partition coefficient (Wildman–Crippen LogP) is 3.86. The number of rotatable bonds is 6. The molecule has 0 spiro atoms. The monoisotopic (exact) mass is 330 g/mol. The van der Waals surface area contributed by atoms with Gasteiger partial charge in [0, 0.05) is 12.6 Å². The van der Waals surface area contributed by atoms with Crippen LogP contribution in [0.25, 0.3) is 0 Å². The molecule has 2 nitrogen and oxygen atoms in total. The summed E-state index contributed by atoms with van der Waals surface area (Å²) in [5.41, 5.74) is 1.40. The zero-order chi connectivity index (χ0) is 12.8. The molecule has 0 amide bonds. The van der Waals surface area contributed by atoms with Crippen LogP contribution in [0.3, 0.4) is 0 Å². The Morgan fingerprint density at radius 2 is 2.22 bits per heavy atom. The van der Waals surface area contributed by atoms with Crippen LogP contribution in [0, 0.1) is 0 Å². The van der Waals surface area contributed by atoms with Gasteiger partial charge in [0.1, 0.15) is 0 Å². The lowest BCUT2D eigenvalue weighted by Crippen LogP contribution is -2.42. The summed E-state index contributed by atoms with van der Waals surface area (Å²) in [6.45, 7) is 7.12. The third-order valence-corrected chi connectivity index (χ3v) is 5.19. The van der Waals surface area contributed by atoms with E-state index in [4.69, 9.17) is 0 Å². The molecule has 1 aliphatic rings. The fraction of sp³-hybridized carbons (Fsp3) is 0.714. The maximum Gasteiger partial charge on any atom is 0.0701 e. The van der Waals surface area contributed by atoms with Gasteiger partial charge in [-0.1, -0.05) is 13.3 Å². The van der Waals surface area contributed by atoms with Crippen molar-refractivity contribution in [3.8, 4) is 0 Å². The summed E-state index contributed by atoms with van der Waals surface area (Å²) >= 11 is 5.28. The van der Waals surface area contributed by atoms with Crippen LogP contribution >= 0.6 is 27.3 Å². The number of hydrogen-bond donors (Lipinski definition) is 1. The maximum absolute atomic E-state index is 3.69. The Morgan fingerprint density at radius 1 is 1.44 bits per heavy atom. The Balaban J connectivity index is 1.64. The van der Waals surface area contributed by atoms with E-state index in [0.29, 0.717) is 6.04 Å². The van der Waals surface area contributed by atoms with E-state index in [1.54, 1.807) is 11.3 Å². The van der Waals surface area contributed by atoms with Crippen LogP contribution in [0.2, 0.25) is 0 Å². The van der Waals surface area contributed by atoms with Gasteiger partial charge in [0.25, 0.3) is 0 Å². The molecule has 102 valence electrons. The van der Waals surface area contributed by atoms with Crippen LogP contribution in [0.1, 0.15) is 38.2 Å². The van der Waals surface area contributed by atoms with Gasteiger partial charge >= 0.3 is 0 Å². The number of nitrogens with zero attached hydrogens (tertiary/aromatic N) is 1. The first-order chi connectivity index (χ1) is 8.78. The van der Waals surface area contributed by atoms with Crippen molar-refractivity contribution in [1.82, 2.24) is 10.2 Å². The normalized spacial score (nSPS) is 18.3. The van der Waals surface area contributed by atoms with Crippen molar-refractivity contribution in [1.29, 1.82) is 0 Å². The number of thiophene rings is 1. The third-order valence-electron chi connectivity index (χ3n) is 3.63. The lowest BCUT2D eigenvalue weighted by Gasteiger charge is -2.32. The summed E-state index contributed by atoms with van der Waals surface area (Å²) in [5.74, 6) is 0. The van der Waals surface area contributed by atoms with Crippen LogP contribution in [-0.2, 0) is 6.54 Å². The molecule has 1 saturated heterocycles. The molecular formula is C14H23BrN2S. The predicted molar refractivity (Wildman–Crippen MR) is 83.2 cm³/mol. The van der Waals surface area contributed by atoms with Crippen LogP contribution < -0.4 is 5.32 Å². The minimum absolute atomic E-state index is 0.710. The second-order valence-corrected chi connectivity index (χ2v) is 7.40. The van der Waals surface area contributed by atoms with E-state index in [-0.39, 0.29) is 0 Å². The molecule has 1 N–H and O–H groups in total. The van der Waals surface area contributed by atoms with Crippen molar-refractivity contribution in [3.05, 3.63) is 20.8 Å². The summed E-state index contributed by atoms with van der Waals surface area (Å²) in [6.07, 6.45) is 5.26. The molecule has 1 fully saturated rings. The van der Waals surface area contributed by atoms with Crippen molar-refractivity contribution in [3.63, 3.8) is 0 Å². The summed E-state index contributed by atoms with van der Waals surface area (Å²) in [6, 6.07) is 2.93. The van der Waals surface area contributed by atoms with Gasteiger partial charge in [-0.05, 0) is 71.8 Å². The number of piperidine rings is 1. The van der Waals surface area contributed by atoms with Crippen molar-refractivity contribution in [2.45, 2.75) is 45.2 Å². The van der Waals surface area contributed by atoms with E-state index in [1.165, 1.54) is 54.7 Å². The van der Waals surface area contributed by atoms with E-state index < -0.39 is 0 Å². The quantitative estimate of drug-likeness (QED) is 0.851. The Bertz CT molecular complexity index is 345. The van der Waals surface area contributed by atoms with Gasteiger partial charge in [-0.25, -0.2) is 0 Å². The van der Waals surface area contributed by atoms with Gasteiger partial charge in [0.05, 0.1) is 3.79 Å². The van der Waals surface area contributed by atoms with Crippen LogP contribution in [0.5, 0.6) is 0 Å². The number of likely N-dealkylation sites (tertiary alicyclic amines) is 1. The minimum atomic E-state index is 0.710. The average Bonchev–Trinajstić information content (AvgIpc) is 2.81. The molecule has 0 radical (unpaired) electrons. The van der Waals surface area contributed by atoms with Gasteiger partial charge in [-0.3, -0.25) is 0 Å². The molecule has 18 heavy (non-hydrogen) atoms. The minimum Gasteiger partial charge on any atom is -0.310 e. The maximum atomic E-state index is 3.69. The first kappa shape index (κ1) is 14.5. The van der Waals surface area contributed by atoms with Crippen LogP contribution in [-0.4, -0.2) is 30.6 Å². The van der Waals surface area contributed by atoms with E-state index in [2.05, 4.69) is 44.5 Å². The highest BCUT2D eigenvalue weighted by molar-refractivity contribution is 9.11. The zero-order valence-corrected chi connectivity index (χ0v) is 13.5. The van der Waals surface area contributed by atoms with Gasteiger partial charge in [0.2, 0.25) is 0 Å². The number of hydrogen-bond acceptors (Lipinski definition) is 3. The van der Waals surface area contributed by atoms with Gasteiger partial charge in [-0.2, -0.15) is 0 Å². The molecular weight excluding hydrogens is 308 g/mol. The highest BCUT2D eigenvalue weighted by Gasteiger charge is 2.18. The molecule has 2 rings (SSSR count). The second kappa shape index (κ2) is 7.63. The van der Waals surface area contributed by atoms with Gasteiger partial charge in [-0.15, -0.1) is 11.3 Å². The summed E-state index contributed by atoms with van der Waals surface area (Å²) in [5, 5.41) is 5.92. The summed E-state index contributed by atoms with van der Waals surface area (Å²) in [7, 11) is 0. The molecule has 4 heteroatoms. The van der Waals surface area contributed by atoms with E-state index >= 15 is 0 Å². The molecule has 1 aliphatic heterocycles. The van der Waals surface area contributed by atoms with Crippen molar-refractivity contribution in [2.75, 3.05) is 19.6 Å². The van der Waals surface area contributed by atoms with Crippen molar-refractivity contribution >= 4 is 27.3 Å². The van der Waals surface area contributed by atoms with Crippen molar-refractivity contribution < 1.29 is 0 Å². The molecule has 0 aliphatic carbocycles. The third kappa shape index (κ3) is 4.65. The van der Waals surface area contributed by atoms with Crippen molar-refractivity contribution in [2.24, 2.45) is 0 Å². The summed E-state index contributed by atoms with van der Waals surface area (Å²) in [4.78, 5) is 2.61. The first-order valence-corrected chi connectivity index (χ1v) is 8.64. The number of nitrogens with one attached hydrogen (secondary N) is 1. The molecule has 0 atom stereocenters. The fourth-order valence-electron chi connectivity index (χ4n) is 2.44. The Hall–Kier alpha value is 0.100. The first-order valence-electron chi connectivity index (χ1n) is 6.96. The SMILES string of the molecule is CCCCN1CCC(NCc2csc(Br)c2)CC1. The highest BCUT2D eigenvalue weighted by Crippen LogP contribution is 2.21. The highest BCUT2D eigenvalue weighted by atomic mass is 79.9. The van der Waals surface area contributed by atoms with Crippen LogP contribution in [0.15, 0.2) is 15.2 Å². The van der Waals surface area contributed by atoms with Gasteiger partial charge < -0.3 is 10.2 Å². The Kier molecular flexibility index (Phi) is 6.15. The lowest BCUT2D eigenvalue weighted by atomic mass is 10.0. The second-order valence-electron chi connectivity index (χ2n) is 5.11. The molecule has 1 aromatic heterocycles. The average molecular weight is 331 g/mol. The van der Waals surface area contributed by atoms with Gasteiger partial charge in [0.15, 0.2) is 0 Å². The largest absolute Gasteiger partial charge is 0.310 e. The molecule has 2 heterocycles. The van der Waals surface area contributed by atoms with E-state index in [9.17, 15) is 0 Å².